The van der Waals surface area contributed by atoms with Crippen molar-refractivity contribution in [2.24, 2.45) is 5.92 Å². The van der Waals surface area contributed by atoms with E-state index in [4.69, 9.17) is 0 Å². The number of aryl methyl sites for hydroxylation is 1. The van der Waals surface area contributed by atoms with Gasteiger partial charge in [0.1, 0.15) is 11.6 Å². The van der Waals surface area contributed by atoms with Crippen molar-refractivity contribution in [2.45, 2.75) is 46.1 Å². The second-order valence-corrected chi connectivity index (χ2v) is 6.67. The summed E-state index contributed by atoms with van der Waals surface area (Å²) in [6.45, 7) is 6.58. The molecule has 1 aliphatic rings. The standard InChI is InChI=1S/C18H24N6O/c1-12(2)18(25)24-9-5-4-6-14(24)17-21-13(3)10-15(23-17)22-16-11-19-7-8-20-16/h7-8,10-12,14H,4-6,9H2,1-3H3,(H,20,21,22,23)/t14-/m0/s1. The summed E-state index contributed by atoms with van der Waals surface area (Å²) in [5.74, 6) is 2.14. The van der Waals surface area contributed by atoms with E-state index in [9.17, 15) is 4.79 Å². The summed E-state index contributed by atoms with van der Waals surface area (Å²) >= 11 is 0. The van der Waals surface area contributed by atoms with E-state index >= 15 is 0 Å². The number of nitrogens with one attached hydrogen (secondary N) is 1. The quantitative estimate of drug-likeness (QED) is 0.921. The fourth-order valence-corrected chi connectivity index (χ4v) is 3.09. The van der Waals surface area contributed by atoms with Crippen LogP contribution in [0.2, 0.25) is 0 Å². The number of carbonyl (C=O) groups excluding carboxylic acids is 1. The van der Waals surface area contributed by atoms with Crippen molar-refractivity contribution < 1.29 is 4.79 Å². The number of nitrogens with zero attached hydrogens (tertiary/aromatic N) is 5. The molecular weight excluding hydrogens is 316 g/mol. The summed E-state index contributed by atoms with van der Waals surface area (Å²) < 4.78 is 0. The summed E-state index contributed by atoms with van der Waals surface area (Å²) in [6.07, 6.45) is 7.90. The zero-order valence-electron chi connectivity index (χ0n) is 14.9. The molecule has 7 nitrogen and oxygen atoms in total. The summed E-state index contributed by atoms with van der Waals surface area (Å²) in [5.41, 5.74) is 0.860. The van der Waals surface area contributed by atoms with Gasteiger partial charge in [-0.3, -0.25) is 9.78 Å². The van der Waals surface area contributed by atoms with Crippen molar-refractivity contribution in [3.8, 4) is 0 Å². The van der Waals surface area contributed by atoms with Crippen LogP contribution in [0.3, 0.4) is 0 Å². The maximum Gasteiger partial charge on any atom is 0.225 e. The monoisotopic (exact) mass is 340 g/mol. The lowest BCUT2D eigenvalue weighted by atomic mass is 9.99. The molecule has 1 N–H and O–H groups in total. The number of likely N-dealkylation sites (tertiary alicyclic amines) is 1. The van der Waals surface area contributed by atoms with E-state index in [1.54, 1.807) is 18.6 Å². The molecule has 0 bridgehead atoms. The first-order chi connectivity index (χ1) is 12.0. The third-order valence-electron chi connectivity index (χ3n) is 4.27. The van der Waals surface area contributed by atoms with Crippen molar-refractivity contribution in [1.82, 2.24) is 24.8 Å². The highest BCUT2D eigenvalue weighted by atomic mass is 16.2. The van der Waals surface area contributed by atoms with E-state index in [0.717, 1.165) is 31.5 Å². The van der Waals surface area contributed by atoms with Gasteiger partial charge >= 0.3 is 0 Å². The Morgan fingerprint density at radius 2 is 2.08 bits per heavy atom. The minimum atomic E-state index is -0.0639. The first-order valence-corrected chi connectivity index (χ1v) is 8.73. The molecule has 1 aliphatic heterocycles. The van der Waals surface area contributed by atoms with Gasteiger partial charge in [0.2, 0.25) is 5.91 Å². The largest absolute Gasteiger partial charge is 0.332 e. The first kappa shape index (κ1) is 17.3. The third kappa shape index (κ3) is 4.10. The molecule has 1 atom stereocenters. The molecule has 2 aromatic rings. The van der Waals surface area contributed by atoms with E-state index in [-0.39, 0.29) is 17.9 Å². The van der Waals surface area contributed by atoms with Gasteiger partial charge in [0.15, 0.2) is 5.82 Å². The van der Waals surface area contributed by atoms with Crippen LogP contribution in [0, 0.1) is 12.8 Å². The molecule has 0 saturated carbocycles. The van der Waals surface area contributed by atoms with Crippen LogP contribution >= 0.6 is 0 Å². The van der Waals surface area contributed by atoms with E-state index in [0.29, 0.717) is 17.5 Å². The molecule has 25 heavy (non-hydrogen) atoms. The van der Waals surface area contributed by atoms with Gasteiger partial charge in [-0.15, -0.1) is 0 Å². The van der Waals surface area contributed by atoms with Crippen LogP contribution in [0.5, 0.6) is 0 Å². The van der Waals surface area contributed by atoms with Crippen LogP contribution in [0.25, 0.3) is 0 Å². The highest BCUT2D eigenvalue weighted by molar-refractivity contribution is 5.78. The highest BCUT2D eigenvalue weighted by Crippen LogP contribution is 2.31. The molecule has 0 spiro atoms. The molecule has 0 aromatic carbocycles. The molecule has 1 saturated heterocycles. The molecule has 1 fully saturated rings. The molecule has 1 amide bonds. The molecule has 7 heteroatoms. The summed E-state index contributed by atoms with van der Waals surface area (Å²) in [4.78, 5) is 32.1. The lowest BCUT2D eigenvalue weighted by molar-refractivity contribution is -0.138. The molecule has 2 aromatic heterocycles. The molecular formula is C18H24N6O. The Labute approximate surface area is 147 Å². The average molecular weight is 340 g/mol. The number of piperidine rings is 1. The Morgan fingerprint density at radius 1 is 1.24 bits per heavy atom. The van der Waals surface area contributed by atoms with E-state index in [2.05, 4.69) is 25.3 Å². The zero-order valence-corrected chi connectivity index (χ0v) is 14.9. The zero-order chi connectivity index (χ0) is 17.8. The van der Waals surface area contributed by atoms with Gasteiger partial charge in [0.05, 0.1) is 12.2 Å². The molecule has 0 unspecified atom stereocenters. The lowest BCUT2D eigenvalue weighted by Crippen LogP contribution is -2.41. The Bertz CT molecular complexity index is 734. The van der Waals surface area contributed by atoms with Gasteiger partial charge in [-0.2, -0.15) is 0 Å². The maximum absolute atomic E-state index is 12.6. The van der Waals surface area contributed by atoms with Gasteiger partial charge in [0, 0.05) is 36.6 Å². The number of hydrogen-bond donors (Lipinski definition) is 1. The normalized spacial score (nSPS) is 17.6. The lowest BCUT2D eigenvalue weighted by Gasteiger charge is -2.36. The molecule has 132 valence electrons. The van der Waals surface area contributed by atoms with Gasteiger partial charge in [0.25, 0.3) is 0 Å². The topological polar surface area (TPSA) is 83.9 Å². The minimum absolute atomic E-state index is 0.0254. The first-order valence-electron chi connectivity index (χ1n) is 8.73. The predicted molar refractivity (Wildman–Crippen MR) is 95.2 cm³/mol. The second-order valence-electron chi connectivity index (χ2n) is 6.67. The van der Waals surface area contributed by atoms with Crippen LogP contribution in [-0.2, 0) is 4.79 Å². The Hall–Kier alpha value is -2.57. The number of aromatic nitrogens is 4. The summed E-state index contributed by atoms with van der Waals surface area (Å²) in [7, 11) is 0. The number of rotatable bonds is 4. The van der Waals surface area contributed by atoms with Crippen LogP contribution < -0.4 is 5.32 Å². The number of anilines is 2. The SMILES string of the molecule is Cc1cc(Nc2cnccn2)nc([C@@H]2CCCCN2C(=O)C(C)C)n1. The van der Waals surface area contributed by atoms with Crippen molar-refractivity contribution in [3.63, 3.8) is 0 Å². The Balaban J connectivity index is 1.88. The van der Waals surface area contributed by atoms with Gasteiger partial charge in [-0.1, -0.05) is 13.8 Å². The fourth-order valence-electron chi connectivity index (χ4n) is 3.09. The van der Waals surface area contributed by atoms with E-state index < -0.39 is 0 Å². The van der Waals surface area contributed by atoms with Gasteiger partial charge in [-0.25, -0.2) is 15.0 Å². The average Bonchev–Trinajstić information content (AvgIpc) is 2.61. The van der Waals surface area contributed by atoms with Crippen molar-refractivity contribution in [2.75, 3.05) is 11.9 Å². The fraction of sp³-hybridized carbons (Fsp3) is 0.500. The highest BCUT2D eigenvalue weighted by Gasteiger charge is 2.31. The molecule has 3 rings (SSSR count). The third-order valence-corrected chi connectivity index (χ3v) is 4.27. The Kier molecular flexibility index (Phi) is 5.21. The maximum atomic E-state index is 12.6. The van der Waals surface area contributed by atoms with Crippen LogP contribution in [0.1, 0.15) is 50.7 Å². The molecule has 3 heterocycles. The minimum Gasteiger partial charge on any atom is -0.332 e. The number of amides is 1. The van der Waals surface area contributed by atoms with Crippen LogP contribution in [0.15, 0.2) is 24.7 Å². The molecule has 0 aliphatic carbocycles. The Morgan fingerprint density at radius 3 is 2.80 bits per heavy atom. The summed E-state index contributed by atoms with van der Waals surface area (Å²) in [6, 6.07) is 1.81. The number of hydrogen-bond acceptors (Lipinski definition) is 6. The van der Waals surface area contributed by atoms with E-state index in [1.165, 1.54) is 0 Å². The smallest absolute Gasteiger partial charge is 0.225 e. The van der Waals surface area contributed by atoms with Gasteiger partial charge < -0.3 is 10.2 Å². The van der Waals surface area contributed by atoms with Crippen LogP contribution in [0.4, 0.5) is 11.6 Å². The van der Waals surface area contributed by atoms with Crippen LogP contribution in [-0.4, -0.2) is 37.3 Å². The van der Waals surface area contributed by atoms with Crippen molar-refractivity contribution >= 4 is 17.5 Å². The van der Waals surface area contributed by atoms with Crippen molar-refractivity contribution in [3.05, 3.63) is 36.2 Å². The van der Waals surface area contributed by atoms with E-state index in [1.807, 2.05) is 31.7 Å². The van der Waals surface area contributed by atoms with Crippen molar-refractivity contribution in [1.29, 1.82) is 0 Å². The number of carbonyl (C=O) groups is 1. The second kappa shape index (κ2) is 7.55. The summed E-state index contributed by atoms with van der Waals surface area (Å²) in [5, 5.41) is 3.16. The predicted octanol–water partition coefficient (Wildman–Crippen LogP) is 3.03. The molecule has 0 radical (unpaired) electrons. The van der Waals surface area contributed by atoms with Gasteiger partial charge in [-0.05, 0) is 26.2 Å².